The van der Waals surface area contributed by atoms with Crippen LogP contribution in [0.4, 0.5) is 0 Å². The van der Waals surface area contributed by atoms with E-state index in [1.807, 2.05) is 30.3 Å². The van der Waals surface area contributed by atoms with Crippen molar-refractivity contribution in [3.8, 4) is 0 Å². The second-order valence-corrected chi connectivity index (χ2v) is 5.32. The summed E-state index contributed by atoms with van der Waals surface area (Å²) in [6, 6.07) is 8.89. The van der Waals surface area contributed by atoms with Crippen LogP contribution in [0.25, 0.3) is 0 Å². The average Bonchev–Trinajstić information content (AvgIpc) is 2.49. The lowest BCUT2D eigenvalue weighted by Gasteiger charge is -2.32. The first-order valence-corrected chi connectivity index (χ1v) is 7.16. The molecule has 5 heteroatoms. The molecule has 1 aromatic carbocycles. The van der Waals surface area contributed by atoms with E-state index in [1.165, 1.54) is 0 Å². The maximum atomic E-state index is 12.0. The fourth-order valence-electron chi connectivity index (χ4n) is 2.33. The Kier molecular flexibility index (Phi) is 5.52. The molecule has 1 fully saturated rings. The van der Waals surface area contributed by atoms with Crippen LogP contribution < -0.4 is 11.1 Å². The number of carbonyl (C=O) groups is 1. The van der Waals surface area contributed by atoms with Crippen molar-refractivity contribution in [1.82, 2.24) is 15.1 Å². The molecule has 110 valence electrons. The minimum Gasteiger partial charge on any atom is -0.353 e. The molecule has 20 heavy (non-hydrogen) atoms. The number of carbonyl (C=O) groups excluding carboxylic acids is 1. The van der Waals surface area contributed by atoms with Gasteiger partial charge in [-0.1, -0.05) is 30.3 Å². The molecule has 0 aliphatic carbocycles. The Morgan fingerprint density at radius 1 is 1.25 bits per heavy atom. The molecule has 1 aliphatic rings. The monoisotopic (exact) mass is 276 g/mol. The summed E-state index contributed by atoms with van der Waals surface area (Å²) < 4.78 is 0. The summed E-state index contributed by atoms with van der Waals surface area (Å²) in [5.41, 5.74) is 6.80. The van der Waals surface area contributed by atoms with Crippen LogP contribution in [0.5, 0.6) is 0 Å². The Labute approximate surface area is 120 Å². The summed E-state index contributed by atoms with van der Waals surface area (Å²) >= 11 is 0. The van der Waals surface area contributed by atoms with Crippen LogP contribution in [-0.2, 0) is 4.79 Å². The molecule has 5 nitrogen and oxygen atoms in total. The maximum Gasteiger partial charge on any atom is 0.241 e. The molecule has 1 atom stereocenters. The summed E-state index contributed by atoms with van der Waals surface area (Å²) in [5, 5.41) is 2.92. The normalized spacial score (nSPS) is 18.7. The highest BCUT2D eigenvalue weighted by atomic mass is 16.2. The van der Waals surface area contributed by atoms with E-state index >= 15 is 0 Å². The first-order chi connectivity index (χ1) is 9.66. The summed E-state index contributed by atoms with van der Waals surface area (Å²) in [5.74, 6) is -0.106. The Balaban J connectivity index is 1.70. The van der Waals surface area contributed by atoms with Crippen molar-refractivity contribution in [2.45, 2.75) is 6.04 Å². The number of rotatable bonds is 5. The zero-order valence-electron chi connectivity index (χ0n) is 12.1. The highest BCUT2D eigenvalue weighted by Gasteiger charge is 2.16. The predicted octanol–water partition coefficient (Wildman–Crippen LogP) is 0.0500. The van der Waals surface area contributed by atoms with Gasteiger partial charge in [0.1, 0.15) is 6.04 Å². The van der Waals surface area contributed by atoms with E-state index in [0.717, 1.165) is 38.3 Å². The minimum atomic E-state index is -0.580. The van der Waals surface area contributed by atoms with Gasteiger partial charge in [-0.25, -0.2) is 0 Å². The number of nitrogens with two attached hydrogens (primary N) is 1. The summed E-state index contributed by atoms with van der Waals surface area (Å²) in [6.07, 6.45) is 0. The molecular weight excluding hydrogens is 252 g/mol. The lowest BCUT2D eigenvalue weighted by Crippen LogP contribution is -2.47. The van der Waals surface area contributed by atoms with Gasteiger partial charge in [0.15, 0.2) is 0 Å². The standard InChI is InChI=1S/C15H24N4O/c1-18-9-11-19(12-10-18)8-7-17-15(20)14(16)13-5-3-2-4-6-13/h2-6,14H,7-12,16H2,1H3,(H,17,20)/t14-/m0/s1. The summed E-state index contributed by atoms with van der Waals surface area (Å²) in [6.45, 7) is 5.87. The van der Waals surface area contributed by atoms with Crippen molar-refractivity contribution in [3.63, 3.8) is 0 Å². The van der Waals surface area contributed by atoms with Crippen LogP contribution in [0.15, 0.2) is 30.3 Å². The second kappa shape index (κ2) is 7.38. The van der Waals surface area contributed by atoms with E-state index in [1.54, 1.807) is 0 Å². The van der Waals surface area contributed by atoms with Gasteiger partial charge in [-0.2, -0.15) is 0 Å². The number of amides is 1. The quantitative estimate of drug-likeness (QED) is 0.798. The maximum absolute atomic E-state index is 12.0. The molecule has 0 bridgehead atoms. The van der Waals surface area contributed by atoms with Crippen LogP contribution in [0.2, 0.25) is 0 Å². The molecule has 0 spiro atoms. The van der Waals surface area contributed by atoms with E-state index in [2.05, 4.69) is 22.2 Å². The molecule has 1 heterocycles. The van der Waals surface area contributed by atoms with E-state index in [4.69, 9.17) is 5.73 Å². The minimum absolute atomic E-state index is 0.106. The molecule has 3 N–H and O–H groups in total. The summed E-state index contributed by atoms with van der Waals surface area (Å²) in [4.78, 5) is 16.7. The molecule has 1 amide bonds. The van der Waals surface area contributed by atoms with Crippen molar-refractivity contribution in [1.29, 1.82) is 0 Å². The Bertz CT molecular complexity index is 415. The largest absolute Gasteiger partial charge is 0.353 e. The van der Waals surface area contributed by atoms with Crippen LogP contribution in [0, 0.1) is 0 Å². The van der Waals surface area contributed by atoms with Crippen LogP contribution in [0.3, 0.4) is 0 Å². The number of nitrogens with one attached hydrogen (secondary N) is 1. The van der Waals surface area contributed by atoms with Gasteiger partial charge in [0.05, 0.1) is 0 Å². The van der Waals surface area contributed by atoms with Gasteiger partial charge < -0.3 is 16.0 Å². The molecular formula is C15H24N4O. The third-order valence-electron chi connectivity index (χ3n) is 3.76. The van der Waals surface area contributed by atoms with Crippen molar-refractivity contribution in [3.05, 3.63) is 35.9 Å². The Morgan fingerprint density at radius 3 is 2.55 bits per heavy atom. The van der Waals surface area contributed by atoms with Crippen LogP contribution in [-0.4, -0.2) is 62.0 Å². The topological polar surface area (TPSA) is 61.6 Å². The van der Waals surface area contributed by atoms with Crippen LogP contribution >= 0.6 is 0 Å². The Hall–Kier alpha value is -1.43. The molecule has 2 rings (SSSR count). The predicted molar refractivity (Wildman–Crippen MR) is 80.3 cm³/mol. The number of hydrogen-bond donors (Lipinski definition) is 2. The van der Waals surface area contributed by atoms with E-state index in [0.29, 0.717) is 6.54 Å². The third kappa shape index (κ3) is 4.30. The zero-order valence-corrected chi connectivity index (χ0v) is 12.1. The fraction of sp³-hybridized carbons (Fsp3) is 0.533. The van der Waals surface area contributed by atoms with Crippen molar-refractivity contribution < 1.29 is 4.79 Å². The molecule has 0 aromatic heterocycles. The first kappa shape index (κ1) is 15.0. The lowest BCUT2D eigenvalue weighted by atomic mass is 10.1. The molecule has 1 saturated heterocycles. The summed E-state index contributed by atoms with van der Waals surface area (Å²) in [7, 11) is 2.14. The number of hydrogen-bond acceptors (Lipinski definition) is 4. The zero-order chi connectivity index (χ0) is 14.4. The molecule has 1 aliphatic heterocycles. The van der Waals surface area contributed by atoms with Crippen molar-refractivity contribution >= 4 is 5.91 Å². The van der Waals surface area contributed by atoms with Crippen molar-refractivity contribution in [2.24, 2.45) is 5.73 Å². The second-order valence-electron chi connectivity index (χ2n) is 5.32. The smallest absolute Gasteiger partial charge is 0.241 e. The van der Waals surface area contributed by atoms with Crippen molar-refractivity contribution in [2.75, 3.05) is 46.3 Å². The van der Waals surface area contributed by atoms with Gasteiger partial charge in [-0.15, -0.1) is 0 Å². The number of benzene rings is 1. The molecule has 0 unspecified atom stereocenters. The van der Waals surface area contributed by atoms with Gasteiger partial charge in [-0.05, 0) is 12.6 Å². The molecule has 0 radical (unpaired) electrons. The highest BCUT2D eigenvalue weighted by molar-refractivity contribution is 5.82. The molecule has 0 saturated carbocycles. The van der Waals surface area contributed by atoms with Gasteiger partial charge in [0.25, 0.3) is 0 Å². The SMILES string of the molecule is CN1CCN(CCNC(=O)[C@@H](N)c2ccccc2)CC1. The van der Waals surface area contributed by atoms with Gasteiger partial charge in [-0.3, -0.25) is 9.69 Å². The molecule has 1 aromatic rings. The van der Waals surface area contributed by atoms with E-state index < -0.39 is 6.04 Å². The van der Waals surface area contributed by atoms with Crippen LogP contribution in [0.1, 0.15) is 11.6 Å². The lowest BCUT2D eigenvalue weighted by molar-refractivity contribution is -0.122. The third-order valence-corrected chi connectivity index (χ3v) is 3.76. The number of likely N-dealkylation sites (N-methyl/N-ethyl adjacent to an activating group) is 1. The number of piperazine rings is 1. The highest BCUT2D eigenvalue weighted by Crippen LogP contribution is 2.08. The van der Waals surface area contributed by atoms with Gasteiger partial charge in [0.2, 0.25) is 5.91 Å². The first-order valence-electron chi connectivity index (χ1n) is 7.16. The fourth-order valence-corrected chi connectivity index (χ4v) is 2.33. The van der Waals surface area contributed by atoms with Gasteiger partial charge in [0, 0.05) is 39.3 Å². The van der Waals surface area contributed by atoms with E-state index in [9.17, 15) is 4.79 Å². The Morgan fingerprint density at radius 2 is 1.90 bits per heavy atom. The van der Waals surface area contributed by atoms with E-state index in [-0.39, 0.29) is 5.91 Å². The van der Waals surface area contributed by atoms with Gasteiger partial charge >= 0.3 is 0 Å². The number of nitrogens with zero attached hydrogens (tertiary/aromatic N) is 2. The average molecular weight is 276 g/mol.